The van der Waals surface area contributed by atoms with Gasteiger partial charge in [0.25, 0.3) is 11.1 Å². The lowest BCUT2D eigenvalue weighted by Gasteiger charge is -2.13. The molecule has 2 heterocycles. The van der Waals surface area contributed by atoms with Crippen LogP contribution in [0.25, 0.3) is 17.0 Å². The summed E-state index contributed by atoms with van der Waals surface area (Å²) in [4.78, 5) is 51.6. The lowest BCUT2D eigenvalue weighted by molar-refractivity contribution is -0.123. The van der Waals surface area contributed by atoms with E-state index in [9.17, 15) is 19.2 Å². The first-order valence-corrected chi connectivity index (χ1v) is 13.7. The van der Waals surface area contributed by atoms with Gasteiger partial charge < -0.3 is 19.4 Å². The summed E-state index contributed by atoms with van der Waals surface area (Å²) in [5.41, 5.74) is 2.41. The quantitative estimate of drug-likeness (QED) is 0.193. The average molecular weight is 590 g/mol. The lowest BCUT2D eigenvalue weighted by Crippen LogP contribution is -2.32. The van der Waals surface area contributed by atoms with Gasteiger partial charge in [-0.05, 0) is 60.3 Å². The van der Waals surface area contributed by atoms with Gasteiger partial charge in [-0.2, -0.15) is 0 Å². The predicted molar refractivity (Wildman–Crippen MR) is 158 cm³/mol. The molecule has 11 heteroatoms. The number of anilines is 1. The van der Waals surface area contributed by atoms with Crippen LogP contribution in [0.2, 0.25) is 5.02 Å². The molecule has 1 saturated heterocycles. The molecule has 41 heavy (non-hydrogen) atoms. The SMILES string of the molecule is COC(=O)c1ccc(NC(=O)Cn2cc(/C=C3\SC(=O)N(CCOc4ccccc4Cl)C3=O)c3ccccc32)cc1. The van der Waals surface area contributed by atoms with Gasteiger partial charge in [0.1, 0.15) is 18.9 Å². The van der Waals surface area contributed by atoms with E-state index < -0.39 is 11.9 Å². The molecule has 0 saturated carbocycles. The van der Waals surface area contributed by atoms with Gasteiger partial charge in [0.2, 0.25) is 5.91 Å². The number of fused-ring (bicyclic) bond motifs is 1. The van der Waals surface area contributed by atoms with Crippen LogP contribution < -0.4 is 10.1 Å². The molecule has 9 nitrogen and oxygen atoms in total. The molecule has 3 amide bonds. The minimum Gasteiger partial charge on any atom is -0.490 e. The number of benzene rings is 3. The summed E-state index contributed by atoms with van der Waals surface area (Å²) in [6, 6.07) is 20.9. The maximum absolute atomic E-state index is 13.1. The van der Waals surface area contributed by atoms with Gasteiger partial charge in [-0.1, -0.05) is 41.9 Å². The summed E-state index contributed by atoms with van der Waals surface area (Å²) in [6.45, 7) is 0.193. The maximum Gasteiger partial charge on any atom is 0.337 e. The number of aromatic nitrogens is 1. The van der Waals surface area contributed by atoms with Crippen LogP contribution in [0.5, 0.6) is 5.75 Å². The van der Waals surface area contributed by atoms with E-state index in [1.807, 2.05) is 24.3 Å². The highest BCUT2D eigenvalue weighted by Crippen LogP contribution is 2.34. The van der Waals surface area contributed by atoms with Crippen LogP contribution in [0.3, 0.4) is 0 Å². The van der Waals surface area contributed by atoms with Crippen molar-refractivity contribution < 1.29 is 28.7 Å². The topological polar surface area (TPSA) is 107 Å². The number of methoxy groups -OCH3 is 1. The van der Waals surface area contributed by atoms with E-state index in [4.69, 9.17) is 21.1 Å². The third kappa shape index (κ3) is 6.29. The van der Waals surface area contributed by atoms with E-state index in [0.29, 0.717) is 27.6 Å². The molecule has 0 spiro atoms. The highest BCUT2D eigenvalue weighted by molar-refractivity contribution is 8.18. The molecule has 0 bridgehead atoms. The molecule has 0 atom stereocenters. The Morgan fingerprint density at radius 3 is 2.49 bits per heavy atom. The van der Waals surface area contributed by atoms with E-state index in [2.05, 4.69) is 5.32 Å². The molecular weight excluding hydrogens is 566 g/mol. The van der Waals surface area contributed by atoms with Crippen LogP contribution in [0.4, 0.5) is 10.5 Å². The number of hydrogen-bond donors (Lipinski definition) is 1. The van der Waals surface area contributed by atoms with Gasteiger partial charge in [-0.25, -0.2) is 4.79 Å². The van der Waals surface area contributed by atoms with Crippen LogP contribution >= 0.6 is 23.4 Å². The van der Waals surface area contributed by atoms with E-state index in [1.54, 1.807) is 65.4 Å². The van der Waals surface area contributed by atoms with Crippen molar-refractivity contribution in [2.75, 3.05) is 25.6 Å². The van der Waals surface area contributed by atoms with Crippen molar-refractivity contribution in [3.05, 3.63) is 100 Å². The number of esters is 1. The van der Waals surface area contributed by atoms with Crippen molar-refractivity contribution in [2.24, 2.45) is 0 Å². The van der Waals surface area contributed by atoms with Gasteiger partial charge in [0, 0.05) is 28.4 Å². The number of carbonyl (C=O) groups excluding carboxylic acids is 4. The zero-order valence-electron chi connectivity index (χ0n) is 21.8. The summed E-state index contributed by atoms with van der Waals surface area (Å²) in [5.74, 6) is -0.668. The number of carbonyl (C=O) groups is 4. The summed E-state index contributed by atoms with van der Waals surface area (Å²) in [5, 5.41) is 3.71. The van der Waals surface area contributed by atoms with Gasteiger partial charge in [0.05, 0.1) is 29.1 Å². The molecule has 3 aromatic carbocycles. The monoisotopic (exact) mass is 589 g/mol. The van der Waals surface area contributed by atoms with Crippen LogP contribution in [0.1, 0.15) is 15.9 Å². The number of halogens is 1. The van der Waals surface area contributed by atoms with Gasteiger partial charge in [-0.15, -0.1) is 0 Å². The summed E-state index contributed by atoms with van der Waals surface area (Å²) >= 11 is 6.96. The molecular formula is C30H24ClN3O6S. The molecule has 1 aliphatic rings. The molecule has 0 aliphatic carbocycles. The summed E-state index contributed by atoms with van der Waals surface area (Å²) in [7, 11) is 1.30. The molecule has 1 aromatic heterocycles. The number of hydrogen-bond acceptors (Lipinski definition) is 7. The zero-order valence-corrected chi connectivity index (χ0v) is 23.4. The van der Waals surface area contributed by atoms with E-state index in [1.165, 1.54) is 7.11 Å². The zero-order chi connectivity index (χ0) is 28.9. The highest BCUT2D eigenvalue weighted by atomic mass is 35.5. The first-order valence-electron chi connectivity index (χ1n) is 12.5. The summed E-state index contributed by atoms with van der Waals surface area (Å²) < 4.78 is 12.1. The number of thioether (sulfide) groups is 1. The molecule has 208 valence electrons. The molecule has 0 unspecified atom stereocenters. The van der Waals surface area contributed by atoms with E-state index in [-0.39, 0.29) is 35.7 Å². The van der Waals surface area contributed by atoms with Crippen molar-refractivity contribution in [1.29, 1.82) is 0 Å². The molecule has 1 N–H and O–H groups in total. The second-order valence-electron chi connectivity index (χ2n) is 8.96. The van der Waals surface area contributed by atoms with E-state index in [0.717, 1.165) is 27.6 Å². The number of rotatable bonds is 9. The van der Waals surface area contributed by atoms with Crippen molar-refractivity contribution in [1.82, 2.24) is 9.47 Å². The fourth-order valence-corrected chi connectivity index (χ4v) is 5.37. The summed E-state index contributed by atoms with van der Waals surface area (Å²) in [6.07, 6.45) is 3.45. The Hall–Kier alpha value is -4.54. The largest absolute Gasteiger partial charge is 0.490 e. The molecule has 0 radical (unpaired) electrons. The Bertz CT molecular complexity index is 1680. The number of nitrogens with zero attached hydrogens (tertiary/aromatic N) is 2. The van der Waals surface area contributed by atoms with Crippen molar-refractivity contribution in [3.8, 4) is 5.75 Å². The smallest absolute Gasteiger partial charge is 0.337 e. The second-order valence-corrected chi connectivity index (χ2v) is 10.4. The molecule has 5 rings (SSSR count). The number of imide groups is 1. The number of nitrogens with one attached hydrogen (secondary N) is 1. The van der Waals surface area contributed by atoms with Gasteiger partial charge in [-0.3, -0.25) is 19.3 Å². The number of para-hydroxylation sites is 2. The molecule has 4 aromatic rings. The van der Waals surface area contributed by atoms with Gasteiger partial charge >= 0.3 is 5.97 Å². The minimum absolute atomic E-state index is 0.00791. The fourth-order valence-electron chi connectivity index (χ4n) is 4.33. The molecule has 1 fully saturated rings. The van der Waals surface area contributed by atoms with Gasteiger partial charge in [0.15, 0.2) is 0 Å². The molecule has 1 aliphatic heterocycles. The lowest BCUT2D eigenvalue weighted by atomic mass is 10.1. The van der Waals surface area contributed by atoms with Crippen LogP contribution in [0.15, 0.2) is 83.9 Å². The Balaban J connectivity index is 1.29. The van der Waals surface area contributed by atoms with Crippen LogP contribution in [0, 0.1) is 0 Å². The fraction of sp³-hybridized carbons (Fsp3) is 0.133. The highest BCUT2D eigenvalue weighted by Gasteiger charge is 2.35. The Morgan fingerprint density at radius 1 is 1.00 bits per heavy atom. The average Bonchev–Trinajstić information content (AvgIpc) is 3.45. The van der Waals surface area contributed by atoms with Crippen molar-refractivity contribution >= 4 is 69.1 Å². The Kier molecular flexibility index (Phi) is 8.42. The van der Waals surface area contributed by atoms with Crippen molar-refractivity contribution in [2.45, 2.75) is 6.54 Å². The second kappa shape index (κ2) is 12.3. The number of ether oxygens (including phenoxy) is 2. The third-order valence-electron chi connectivity index (χ3n) is 6.29. The van der Waals surface area contributed by atoms with E-state index >= 15 is 0 Å². The standard InChI is InChI=1S/C30H24ClN3O6S/c1-39-29(37)19-10-12-21(13-11-19)32-27(35)18-33-17-20(22-6-2-4-8-24(22)33)16-26-28(36)34(30(38)41-26)14-15-40-25-9-5-3-7-23(25)31/h2-13,16-17H,14-15,18H2,1H3,(H,32,35)/b26-16-. The van der Waals surface area contributed by atoms with Crippen molar-refractivity contribution in [3.63, 3.8) is 0 Å². The minimum atomic E-state index is -0.461. The predicted octanol–water partition coefficient (Wildman–Crippen LogP) is 5.84. The number of amides is 3. The maximum atomic E-state index is 13.1. The normalized spacial score (nSPS) is 14.1. The first-order chi connectivity index (χ1) is 19.8. The Labute approximate surface area is 244 Å². The Morgan fingerprint density at radius 2 is 1.73 bits per heavy atom. The van der Waals surface area contributed by atoms with Crippen LogP contribution in [-0.4, -0.2) is 52.8 Å². The first kappa shape index (κ1) is 28.0. The van der Waals surface area contributed by atoms with Crippen LogP contribution in [-0.2, 0) is 20.9 Å². The third-order valence-corrected chi connectivity index (χ3v) is 7.51.